The van der Waals surface area contributed by atoms with Gasteiger partial charge < -0.3 is 14.8 Å². The van der Waals surface area contributed by atoms with Gasteiger partial charge in [-0.1, -0.05) is 91.0 Å². The maximum atomic E-state index is 13.6. The van der Waals surface area contributed by atoms with Crippen molar-refractivity contribution in [1.82, 2.24) is 10.2 Å². The highest BCUT2D eigenvalue weighted by Crippen LogP contribution is 2.37. The summed E-state index contributed by atoms with van der Waals surface area (Å²) in [4.78, 5) is 40.6. The van der Waals surface area contributed by atoms with Gasteiger partial charge in [-0.3, -0.25) is 18.7 Å². The molecule has 1 saturated heterocycles. The number of β-lactam (4-membered cyclic amide) rings is 1. The van der Waals surface area contributed by atoms with Crippen LogP contribution in [0.2, 0.25) is 0 Å². The van der Waals surface area contributed by atoms with Gasteiger partial charge in [-0.25, -0.2) is 4.79 Å². The highest BCUT2D eigenvalue weighted by molar-refractivity contribution is 7.86. The van der Waals surface area contributed by atoms with E-state index in [4.69, 9.17) is 9.47 Å². The summed E-state index contributed by atoms with van der Waals surface area (Å²) in [5.41, 5.74) is 2.21. The van der Waals surface area contributed by atoms with Gasteiger partial charge >= 0.3 is 5.97 Å². The predicted octanol–water partition coefficient (Wildman–Crippen LogP) is 2.84. The molecular formula is C29H26N2O6S. The lowest BCUT2D eigenvalue weighted by molar-refractivity contribution is -0.155. The third-order valence-electron chi connectivity index (χ3n) is 6.48. The number of esters is 1. The summed E-state index contributed by atoms with van der Waals surface area (Å²) in [6.45, 7) is 0. The van der Waals surface area contributed by atoms with E-state index in [1.54, 1.807) is 0 Å². The Morgan fingerprint density at radius 1 is 0.947 bits per heavy atom. The van der Waals surface area contributed by atoms with Crippen molar-refractivity contribution < 1.29 is 28.1 Å². The van der Waals surface area contributed by atoms with Crippen molar-refractivity contribution >= 4 is 28.6 Å². The van der Waals surface area contributed by atoms with Gasteiger partial charge in [0.15, 0.2) is 11.8 Å². The van der Waals surface area contributed by atoms with Gasteiger partial charge in [-0.05, 0) is 16.7 Å². The van der Waals surface area contributed by atoms with Crippen molar-refractivity contribution in [3.05, 3.63) is 119 Å². The Bertz CT molecular complexity index is 1350. The van der Waals surface area contributed by atoms with Crippen molar-refractivity contribution in [3.63, 3.8) is 0 Å². The summed E-state index contributed by atoms with van der Waals surface area (Å²) >= 11 is 0. The molecule has 1 unspecified atom stereocenters. The zero-order chi connectivity index (χ0) is 26.6. The fraction of sp³-hybridized carbons (Fsp3) is 0.207. The van der Waals surface area contributed by atoms with E-state index < -0.39 is 40.2 Å². The molecule has 0 radical (unpaired) electrons. The zero-order valence-electron chi connectivity index (χ0n) is 20.6. The van der Waals surface area contributed by atoms with Crippen LogP contribution in [0, 0.1) is 0 Å². The molecule has 2 amide bonds. The van der Waals surface area contributed by atoms with E-state index in [1.807, 2.05) is 91.0 Å². The molecule has 1 fully saturated rings. The van der Waals surface area contributed by atoms with Crippen LogP contribution < -0.4 is 5.32 Å². The SMILES string of the molecule is COC1=C(C(=O)OC(c2ccccc2)c2ccccc2)N2C(=O)[C@@H](NC(=O)Cc3ccccc3)[C@H]2S(=O)C1. The first kappa shape index (κ1) is 25.4. The average molecular weight is 531 g/mol. The Labute approximate surface area is 222 Å². The number of rotatable bonds is 8. The molecule has 3 aromatic carbocycles. The molecule has 38 heavy (non-hydrogen) atoms. The van der Waals surface area contributed by atoms with E-state index in [1.165, 1.54) is 7.11 Å². The Kier molecular flexibility index (Phi) is 7.37. The molecule has 1 N–H and O–H groups in total. The number of methoxy groups -OCH3 is 1. The first-order valence-corrected chi connectivity index (χ1v) is 13.5. The predicted molar refractivity (Wildman–Crippen MR) is 141 cm³/mol. The molecule has 9 heteroatoms. The molecule has 2 heterocycles. The van der Waals surface area contributed by atoms with Gasteiger partial charge in [-0.2, -0.15) is 0 Å². The minimum atomic E-state index is -1.59. The van der Waals surface area contributed by atoms with E-state index in [0.29, 0.717) is 0 Å². The summed E-state index contributed by atoms with van der Waals surface area (Å²) in [6, 6.07) is 26.6. The van der Waals surface area contributed by atoms with Crippen molar-refractivity contribution in [2.24, 2.45) is 0 Å². The highest BCUT2D eigenvalue weighted by atomic mass is 32.2. The number of carbonyl (C=O) groups is 3. The second kappa shape index (κ2) is 11.0. The topological polar surface area (TPSA) is 102 Å². The molecule has 0 aliphatic carbocycles. The van der Waals surface area contributed by atoms with E-state index in [0.717, 1.165) is 21.6 Å². The van der Waals surface area contributed by atoms with Gasteiger partial charge in [0.25, 0.3) is 5.91 Å². The van der Waals surface area contributed by atoms with Crippen LogP contribution in [0.15, 0.2) is 102 Å². The highest BCUT2D eigenvalue weighted by Gasteiger charge is 2.58. The number of amides is 2. The average Bonchev–Trinajstić information content (AvgIpc) is 2.95. The molecule has 5 rings (SSSR count). The minimum absolute atomic E-state index is 0.0772. The van der Waals surface area contributed by atoms with Gasteiger partial charge in [0.2, 0.25) is 5.91 Å². The number of hydrogen-bond acceptors (Lipinski definition) is 6. The van der Waals surface area contributed by atoms with Crippen molar-refractivity contribution in [1.29, 1.82) is 0 Å². The first-order chi connectivity index (χ1) is 18.5. The van der Waals surface area contributed by atoms with E-state index in [2.05, 4.69) is 5.32 Å². The molecule has 0 bridgehead atoms. The molecule has 0 aromatic heterocycles. The van der Waals surface area contributed by atoms with E-state index in [9.17, 15) is 18.6 Å². The largest absolute Gasteiger partial charge is 0.498 e. The van der Waals surface area contributed by atoms with Crippen molar-refractivity contribution in [3.8, 4) is 0 Å². The maximum Gasteiger partial charge on any atom is 0.359 e. The van der Waals surface area contributed by atoms with Crippen LogP contribution in [0.1, 0.15) is 22.8 Å². The lowest BCUT2D eigenvalue weighted by Gasteiger charge is -2.48. The van der Waals surface area contributed by atoms with Gasteiger partial charge in [-0.15, -0.1) is 0 Å². The molecule has 0 saturated carbocycles. The Morgan fingerprint density at radius 3 is 2.05 bits per heavy atom. The monoisotopic (exact) mass is 530 g/mol. The summed E-state index contributed by atoms with van der Waals surface area (Å²) in [6.07, 6.45) is -0.660. The molecule has 2 aliphatic heterocycles. The van der Waals surface area contributed by atoms with E-state index in [-0.39, 0.29) is 29.5 Å². The van der Waals surface area contributed by atoms with Gasteiger partial charge in [0.1, 0.15) is 17.2 Å². The quantitative estimate of drug-likeness (QED) is 0.355. The van der Waals surface area contributed by atoms with Gasteiger partial charge in [0, 0.05) is 0 Å². The molecular weight excluding hydrogens is 504 g/mol. The fourth-order valence-corrected chi connectivity index (χ4v) is 6.26. The Balaban J connectivity index is 1.38. The molecule has 8 nitrogen and oxygen atoms in total. The van der Waals surface area contributed by atoms with Crippen LogP contribution in [-0.4, -0.2) is 51.2 Å². The van der Waals surface area contributed by atoms with Crippen LogP contribution >= 0.6 is 0 Å². The Hall–Kier alpha value is -4.24. The number of fused-ring (bicyclic) bond motifs is 1. The Morgan fingerprint density at radius 2 is 1.50 bits per heavy atom. The second-order valence-electron chi connectivity index (χ2n) is 8.91. The van der Waals surface area contributed by atoms with Crippen molar-refractivity contribution in [2.75, 3.05) is 12.9 Å². The number of nitrogens with one attached hydrogen (secondary N) is 1. The maximum absolute atomic E-state index is 13.6. The van der Waals surface area contributed by atoms with Crippen LogP contribution in [0.25, 0.3) is 0 Å². The second-order valence-corrected chi connectivity index (χ2v) is 10.4. The smallest absolute Gasteiger partial charge is 0.359 e. The standard InChI is InChI=1S/C29H26N2O6S/c1-36-22-18-38(35)28-24(30-23(32)17-19-11-5-2-6-12-19)27(33)31(28)25(22)29(34)37-26(20-13-7-3-8-14-20)21-15-9-4-10-16-21/h2-16,24,26,28H,17-18H2,1H3,(H,30,32)/t24-,28-,38?/m1/s1. The number of hydrogen-bond donors (Lipinski definition) is 1. The first-order valence-electron chi connectivity index (χ1n) is 12.1. The van der Waals surface area contributed by atoms with Gasteiger partial charge in [0.05, 0.1) is 30.1 Å². The summed E-state index contributed by atoms with van der Waals surface area (Å²) in [7, 11) is -0.237. The summed E-state index contributed by atoms with van der Waals surface area (Å²) in [5, 5.41) is 1.80. The lowest BCUT2D eigenvalue weighted by atomic mass is 10.0. The summed E-state index contributed by atoms with van der Waals surface area (Å²) < 4.78 is 24.4. The van der Waals surface area contributed by atoms with Crippen LogP contribution in [0.3, 0.4) is 0 Å². The van der Waals surface area contributed by atoms with Crippen LogP contribution in [-0.2, 0) is 41.1 Å². The minimum Gasteiger partial charge on any atom is -0.498 e. The molecule has 194 valence electrons. The lowest BCUT2D eigenvalue weighted by Crippen LogP contribution is -2.73. The molecule has 3 atom stereocenters. The third-order valence-corrected chi connectivity index (χ3v) is 8.05. The number of carbonyl (C=O) groups excluding carboxylic acids is 3. The molecule has 2 aliphatic rings. The number of ether oxygens (including phenoxy) is 2. The summed E-state index contributed by atoms with van der Waals surface area (Å²) in [5.74, 6) is -1.66. The van der Waals surface area contributed by atoms with Crippen LogP contribution in [0.4, 0.5) is 0 Å². The zero-order valence-corrected chi connectivity index (χ0v) is 21.4. The van der Waals surface area contributed by atoms with Crippen LogP contribution in [0.5, 0.6) is 0 Å². The molecule has 0 spiro atoms. The fourth-order valence-electron chi connectivity index (χ4n) is 4.64. The third kappa shape index (κ3) is 4.97. The number of benzene rings is 3. The van der Waals surface area contributed by atoms with Crippen molar-refractivity contribution in [2.45, 2.75) is 23.9 Å². The number of nitrogens with zero attached hydrogens (tertiary/aromatic N) is 1. The van der Waals surface area contributed by atoms with E-state index >= 15 is 0 Å². The molecule has 3 aromatic rings. The normalized spacial score (nSPS) is 20.4.